The molecule has 84 valence electrons. The van der Waals surface area contributed by atoms with Crippen molar-refractivity contribution in [1.82, 2.24) is 5.32 Å². The second kappa shape index (κ2) is 5.78. The Morgan fingerprint density at radius 2 is 1.86 bits per heavy atom. The van der Waals surface area contributed by atoms with Gasteiger partial charge in [0.2, 0.25) is 2.14 Å². The van der Waals surface area contributed by atoms with Crippen molar-refractivity contribution in [2.45, 2.75) is 8.56 Å². The molecule has 0 unspecified atom stereocenters. The summed E-state index contributed by atoms with van der Waals surface area (Å²) in [6.07, 6.45) is 0.160. The molecule has 0 radical (unpaired) electrons. The van der Waals surface area contributed by atoms with Crippen LogP contribution in [0.15, 0.2) is 0 Å². The van der Waals surface area contributed by atoms with E-state index in [4.69, 9.17) is 4.55 Å². The van der Waals surface area contributed by atoms with Crippen molar-refractivity contribution in [2.75, 3.05) is 12.3 Å². The van der Waals surface area contributed by atoms with Crippen LogP contribution in [0.1, 0.15) is 6.42 Å². The first kappa shape index (κ1) is 14.8. The van der Waals surface area contributed by atoms with Crippen LogP contribution in [0.2, 0.25) is 0 Å². The Morgan fingerprint density at radius 3 is 2.21 bits per heavy atom. The Labute approximate surface area is 107 Å². The Kier molecular flexibility index (Phi) is 6.12. The van der Waals surface area contributed by atoms with Gasteiger partial charge in [-0.15, -0.1) is 0 Å². The van der Waals surface area contributed by atoms with Gasteiger partial charge in [-0.3, -0.25) is 9.35 Å². The lowest BCUT2D eigenvalue weighted by Crippen LogP contribution is -2.34. The summed E-state index contributed by atoms with van der Waals surface area (Å²) in [5.74, 6) is -0.750. The third-order valence-electron chi connectivity index (χ3n) is 1.12. The first-order chi connectivity index (χ1) is 6.13. The molecule has 0 heterocycles. The molecule has 0 aromatic rings. The van der Waals surface area contributed by atoms with Crippen LogP contribution in [0.3, 0.4) is 0 Å². The standard InChI is InChI=1S/C5H8Br3NO4S/c6-5(7,8)4(10)9-2-1-3-14(11,12)13/h1-3H2,(H,9,10)(H,11,12,13). The maximum Gasteiger partial charge on any atom is 0.264 e. The topological polar surface area (TPSA) is 83.5 Å². The van der Waals surface area contributed by atoms with E-state index in [-0.39, 0.29) is 24.6 Å². The van der Waals surface area contributed by atoms with Crippen molar-refractivity contribution in [1.29, 1.82) is 0 Å². The van der Waals surface area contributed by atoms with Crippen molar-refractivity contribution in [2.24, 2.45) is 0 Å². The van der Waals surface area contributed by atoms with Gasteiger partial charge >= 0.3 is 0 Å². The normalized spacial score (nSPS) is 12.6. The van der Waals surface area contributed by atoms with E-state index in [2.05, 4.69) is 53.1 Å². The van der Waals surface area contributed by atoms with Crippen LogP contribution in [0.25, 0.3) is 0 Å². The Morgan fingerprint density at radius 1 is 1.36 bits per heavy atom. The van der Waals surface area contributed by atoms with Crippen molar-refractivity contribution in [3.8, 4) is 0 Å². The van der Waals surface area contributed by atoms with Gasteiger partial charge in [0.25, 0.3) is 16.0 Å². The second-order valence-electron chi connectivity index (χ2n) is 2.39. The third kappa shape index (κ3) is 8.16. The molecule has 0 aliphatic rings. The summed E-state index contributed by atoms with van der Waals surface area (Å²) in [5.41, 5.74) is 0. The van der Waals surface area contributed by atoms with Crippen LogP contribution < -0.4 is 5.32 Å². The lowest BCUT2D eigenvalue weighted by atomic mass is 10.5. The fourth-order valence-electron chi connectivity index (χ4n) is 0.557. The number of hydrogen-bond donors (Lipinski definition) is 2. The van der Waals surface area contributed by atoms with E-state index in [9.17, 15) is 13.2 Å². The third-order valence-corrected chi connectivity index (χ3v) is 3.01. The minimum absolute atomic E-state index is 0.160. The van der Waals surface area contributed by atoms with Gasteiger partial charge < -0.3 is 5.32 Å². The van der Waals surface area contributed by atoms with Gasteiger partial charge in [-0.05, 0) is 54.2 Å². The van der Waals surface area contributed by atoms with Crippen LogP contribution in [-0.2, 0) is 14.9 Å². The lowest BCUT2D eigenvalue weighted by Gasteiger charge is -2.11. The highest BCUT2D eigenvalue weighted by Crippen LogP contribution is 2.33. The van der Waals surface area contributed by atoms with Gasteiger partial charge in [-0.2, -0.15) is 8.42 Å². The fraction of sp³-hybridized carbons (Fsp3) is 0.800. The van der Waals surface area contributed by atoms with E-state index in [0.717, 1.165) is 0 Å². The molecule has 0 spiro atoms. The summed E-state index contributed by atoms with van der Waals surface area (Å²) in [6, 6.07) is 0. The van der Waals surface area contributed by atoms with E-state index < -0.39 is 12.3 Å². The molecule has 1 amide bonds. The molecular weight excluding hydrogens is 410 g/mol. The maximum atomic E-state index is 11.1. The Bertz CT molecular complexity index is 297. The molecule has 0 aliphatic heterocycles. The van der Waals surface area contributed by atoms with Crippen LogP contribution in [0.4, 0.5) is 0 Å². The van der Waals surface area contributed by atoms with E-state index >= 15 is 0 Å². The van der Waals surface area contributed by atoms with Crippen LogP contribution >= 0.6 is 47.8 Å². The van der Waals surface area contributed by atoms with Gasteiger partial charge in [0, 0.05) is 6.54 Å². The van der Waals surface area contributed by atoms with E-state index in [0.29, 0.717) is 0 Å². The molecule has 0 bridgehead atoms. The van der Waals surface area contributed by atoms with Crippen LogP contribution in [-0.4, -0.2) is 33.3 Å². The first-order valence-electron chi connectivity index (χ1n) is 3.43. The second-order valence-corrected chi connectivity index (χ2v) is 10.7. The van der Waals surface area contributed by atoms with Crippen molar-refractivity contribution < 1.29 is 17.8 Å². The van der Waals surface area contributed by atoms with Gasteiger partial charge in [0.15, 0.2) is 0 Å². The molecule has 9 heteroatoms. The number of nitrogens with one attached hydrogen (secondary N) is 1. The first-order valence-corrected chi connectivity index (χ1v) is 7.42. The van der Waals surface area contributed by atoms with Crippen molar-refractivity contribution >= 4 is 63.8 Å². The van der Waals surface area contributed by atoms with E-state index in [1.165, 1.54) is 0 Å². The molecule has 0 saturated carbocycles. The zero-order chi connectivity index (χ0) is 11.4. The monoisotopic (exact) mass is 415 g/mol. The summed E-state index contributed by atoms with van der Waals surface area (Å²) in [6.45, 7) is 0.170. The lowest BCUT2D eigenvalue weighted by molar-refractivity contribution is -0.119. The Balaban J connectivity index is 3.72. The predicted molar refractivity (Wildman–Crippen MR) is 63.6 cm³/mol. The highest BCUT2D eigenvalue weighted by Gasteiger charge is 2.27. The number of carbonyl (C=O) groups excluding carboxylic acids is 1. The van der Waals surface area contributed by atoms with Gasteiger partial charge in [-0.1, -0.05) is 0 Å². The molecule has 0 fully saturated rings. The smallest absolute Gasteiger partial charge is 0.264 e. The van der Waals surface area contributed by atoms with Gasteiger partial charge in [0.1, 0.15) is 0 Å². The van der Waals surface area contributed by atoms with Crippen molar-refractivity contribution in [3.63, 3.8) is 0 Å². The maximum absolute atomic E-state index is 11.1. The molecule has 2 N–H and O–H groups in total. The van der Waals surface area contributed by atoms with Crippen LogP contribution in [0.5, 0.6) is 0 Å². The number of carbonyl (C=O) groups is 1. The van der Waals surface area contributed by atoms with E-state index in [1.54, 1.807) is 0 Å². The quantitative estimate of drug-likeness (QED) is 0.409. The summed E-state index contributed by atoms with van der Waals surface area (Å²) in [7, 11) is -3.94. The number of alkyl halides is 3. The minimum Gasteiger partial charge on any atom is -0.353 e. The molecule has 0 aromatic carbocycles. The zero-order valence-electron chi connectivity index (χ0n) is 6.84. The average molecular weight is 418 g/mol. The average Bonchev–Trinajstić information content (AvgIpc) is 1.93. The van der Waals surface area contributed by atoms with Crippen molar-refractivity contribution in [3.05, 3.63) is 0 Å². The highest BCUT2D eigenvalue weighted by molar-refractivity contribution is 9.40. The molecular formula is C5H8Br3NO4S. The molecule has 0 aromatic heterocycles. The zero-order valence-corrected chi connectivity index (χ0v) is 12.4. The van der Waals surface area contributed by atoms with Gasteiger partial charge in [0.05, 0.1) is 5.75 Å². The van der Waals surface area contributed by atoms with E-state index in [1.807, 2.05) is 0 Å². The number of halogens is 3. The number of hydrogen-bond acceptors (Lipinski definition) is 3. The van der Waals surface area contributed by atoms with Crippen LogP contribution in [0, 0.1) is 0 Å². The summed E-state index contributed by atoms with van der Waals surface area (Å²) in [4.78, 5) is 11.1. The molecule has 5 nitrogen and oxygen atoms in total. The number of amides is 1. The largest absolute Gasteiger partial charge is 0.353 e. The minimum atomic E-state index is -3.94. The highest BCUT2D eigenvalue weighted by atomic mass is 80.0. The fourth-order valence-corrected chi connectivity index (χ4v) is 1.49. The Hall–Kier alpha value is 0.820. The molecule has 14 heavy (non-hydrogen) atoms. The number of rotatable bonds is 4. The predicted octanol–water partition coefficient (Wildman–Crippen LogP) is 1.22. The SMILES string of the molecule is O=C(NCCCS(=O)(=O)O)C(Br)(Br)Br. The molecule has 0 rings (SSSR count). The molecule has 0 atom stereocenters. The molecule has 0 saturated heterocycles. The summed E-state index contributed by atoms with van der Waals surface area (Å²) >= 11 is 8.97. The summed E-state index contributed by atoms with van der Waals surface area (Å²) < 4.78 is 27.9. The summed E-state index contributed by atoms with van der Waals surface area (Å²) in [5, 5.41) is 2.44. The van der Waals surface area contributed by atoms with Gasteiger partial charge in [-0.25, -0.2) is 0 Å². The molecule has 0 aliphatic carbocycles.